The van der Waals surface area contributed by atoms with Crippen LogP contribution in [-0.2, 0) is 6.42 Å². The lowest BCUT2D eigenvalue weighted by Crippen LogP contribution is -2.40. The van der Waals surface area contributed by atoms with Crippen LogP contribution in [0.5, 0.6) is 0 Å². The van der Waals surface area contributed by atoms with Crippen LogP contribution in [0.25, 0.3) is 34.4 Å². The van der Waals surface area contributed by atoms with E-state index in [0.717, 1.165) is 6.42 Å². The minimum atomic E-state index is 0. The van der Waals surface area contributed by atoms with Crippen molar-refractivity contribution >= 4 is 20.6 Å². The van der Waals surface area contributed by atoms with Crippen LogP contribution in [0.15, 0.2) is 96.1 Å². The fraction of sp³-hybridized carbons (Fsp3) is 0.300. The van der Waals surface area contributed by atoms with Gasteiger partial charge in [0.2, 0.25) is 0 Å². The molecule has 1 atom stereocenters. The summed E-state index contributed by atoms with van der Waals surface area (Å²) in [4.78, 5) is 2.62. The van der Waals surface area contributed by atoms with Crippen LogP contribution in [0.2, 0.25) is 0 Å². The molecule has 2 aliphatic carbocycles. The predicted octanol–water partition coefficient (Wildman–Crippen LogP) is 9.68. The molecule has 0 bridgehead atoms. The summed E-state index contributed by atoms with van der Waals surface area (Å²) < 4.78 is 0. The third-order valence-electron chi connectivity index (χ3n) is 8.66. The molecule has 4 aromatic rings. The summed E-state index contributed by atoms with van der Waals surface area (Å²) in [5.41, 5.74) is 16.8. The molecule has 2 aliphatic rings. The van der Waals surface area contributed by atoms with Crippen molar-refractivity contribution in [2.75, 3.05) is 0 Å². The highest BCUT2D eigenvalue weighted by Crippen LogP contribution is 2.44. The molecule has 1 unspecified atom stereocenters. The van der Waals surface area contributed by atoms with E-state index in [1.165, 1.54) is 66.8 Å². The summed E-state index contributed by atoms with van der Waals surface area (Å²) in [6.07, 6.45) is 5.84. The van der Waals surface area contributed by atoms with Crippen molar-refractivity contribution in [3.8, 4) is 22.3 Å². The highest BCUT2D eigenvalue weighted by Gasteiger charge is 2.32. The van der Waals surface area contributed by atoms with Gasteiger partial charge in [-0.25, -0.2) is 0 Å². The molecule has 1 nitrogen and oxygen atoms in total. The molecule has 0 radical (unpaired) electrons. The molecule has 0 fully saturated rings. The van der Waals surface area contributed by atoms with Crippen LogP contribution in [0.3, 0.4) is 0 Å². The van der Waals surface area contributed by atoms with E-state index in [-0.39, 0.29) is 8.41 Å². The van der Waals surface area contributed by atoms with E-state index in [9.17, 15) is 0 Å². The van der Waals surface area contributed by atoms with Gasteiger partial charge < -0.3 is 0 Å². The van der Waals surface area contributed by atoms with Crippen molar-refractivity contribution in [3.63, 3.8) is 0 Å². The number of aryl methyl sites for hydroxylation is 2. The van der Waals surface area contributed by atoms with Gasteiger partial charge in [0, 0.05) is 12.1 Å². The van der Waals surface area contributed by atoms with E-state index < -0.39 is 0 Å². The Morgan fingerprint density at radius 2 is 1.07 bits per heavy atom. The molecule has 0 saturated heterocycles. The van der Waals surface area contributed by atoms with E-state index in [1.807, 2.05) is 0 Å². The van der Waals surface area contributed by atoms with Crippen molar-refractivity contribution in [3.05, 3.63) is 129 Å². The van der Waals surface area contributed by atoms with E-state index >= 15 is 0 Å². The first kappa shape index (κ1) is 31.3. The minimum Gasteiger partial charge on any atom is -0.288 e. The molecule has 0 saturated carbocycles. The number of hydrogen-bond donors (Lipinski definition) is 0. The van der Waals surface area contributed by atoms with Crippen LogP contribution >= 0.6 is 0 Å². The average molecular weight is 554 g/mol. The topological polar surface area (TPSA) is 3.24 Å². The molecular weight excluding hydrogens is 505 g/mol. The summed E-state index contributed by atoms with van der Waals surface area (Å²) in [6.45, 7) is 18.1. The minimum absolute atomic E-state index is 0. The predicted molar refractivity (Wildman–Crippen MR) is 189 cm³/mol. The van der Waals surface area contributed by atoms with Crippen molar-refractivity contribution < 1.29 is 0 Å². The average Bonchev–Trinajstić information content (AvgIpc) is 3.48. The van der Waals surface area contributed by atoms with E-state index in [4.69, 9.17) is 0 Å². The molecule has 0 spiro atoms. The standard InChI is InChI=1S/C23H29N.C17H16.BH3/c1-15(2)24(16(3)4)23-18(6)14-22-20(12-9-13-21(22)23)19-11-8-7-10-17(19)5;1-12-10-14-7-5-9-16(17(14)11-12)15-8-4-3-6-13(15)2;/h7-16,23H,1-6H3;3-9,11H,10H2,1-2H3;1H3. The Morgan fingerprint density at radius 1 is 0.571 bits per heavy atom. The summed E-state index contributed by atoms with van der Waals surface area (Å²) in [6, 6.07) is 32.2. The van der Waals surface area contributed by atoms with Crippen molar-refractivity contribution in [1.29, 1.82) is 0 Å². The molecule has 6 rings (SSSR count). The van der Waals surface area contributed by atoms with Gasteiger partial charge in [-0.1, -0.05) is 108 Å². The van der Waals surface area contributed by atoms with E-state index in [0.29, 0.717) is 18.1 Å². The molecule has 42 heavy (non-hydrogen) atoms. The molecule has 0 heterocycles. The zero-order chi connectivity index (χ0) is 29.3. The van der Waals surface area contributed by atoms with Gasteiger partial charge in [-0.15, -0.1) is 0 Å². The second-order valence-electron chi connectivity index (χ2n) is 12.4. The van der Waals surface area contributed by atoms with Gasteiger partial charge >= 0.3 is 0 Å². The first-order valence-electron chi connectivity index (χ1n) is 15.2. The number of benzene rings is 4. The lowest BCUT2D eigenvalue weighted by molar-refractivity contribution is 0.134. The highest BCUT2D eigenvalue weighted by atomic mass is 15.2. The van der Waals surface area contributed by atoms with Gasteiger partial charge in [0.05, 0.1) is 14.5 Å². The van der Waals surface area contributed by atoms with E-state index in [1.54, 1.807) is 0 Å². The van der Waals surface area contributed by atoms with Crippen molar-refractivity contribution in [2.24, 2.45) is 0 Å². The highest BCUT2D eigenvalue weighted by molar-refractivity contribution is 5.83. The summed E-state index contributed by atoms with van der Waals surface area (Å²) in [5, 5.41) is 0. The van der Waals surface area contributed by atoms with Crippen molar-refractivity contribution in [1.82, 2.24) is 4.90 Å². The van der Waals surface area contributed by atoms with E-state index in [2.05, 4.69) is 157 Å². The second kappa shape index (κ2) is 13.1. The monoisotopic (exact) mass is 553 g/mol. The van der Waals surface area contributed by atoms with Gasteiger partial charge in [0.1, 0.15) is 0 Å². The molecule has 0 aliphatic heterocycles. The zero-order valence-corrected chi connectivity index (χ0v) is 26.1. The number of fused-ring (bicyclic) bond motifs is 2. The lowest BCUT2D eigenvalue weighted by atomic mass is 9.92. The molecule has 2 heteroatoms. The molecule has 216 valence electrons. The van der Waals surface area contributed by atoms with Gasteiger partial charge in [0.15, 0.2) is 0 Å². The maximum absolute atomic E-state index is 2.62. The summed E-state index contributed by atoms with van der Waals surface area (Å²) in [7, 11) is 0. The van der Waals surface area contributed by atoms with Gasteiger partial charge in [-0.05, 0) is 117 Å². The number of nitrogens with zero attached hydrogens (tertiary/aromatic N) is 1. The quantitative estimate of drug-likeness (QED) is 0.222. The Labute approximate surface area is 256 Å². The molecule has 0 aromatic heterocycles. The maximum Gasteiger partial charge on any atom is 0.0814 e. The molecular formula is C40H48BN. The van der Waals surface area contributed by atoms with Gasteiger partial charge in [0.25, 0.3) is 0 Å². The van der Waals surface area contributed by atoms with Crippen LogP contribution in [0.4, 0.5) is 0 Å². The Bertz CT molecular complexity index is 1610. The fourth-order valence-corrected chi connectivity index (χ4v) is 6.88. The zero-order valence-electron chi connectivity index (χ0n) is 26.1. The second-order valence-corrected chi connectivity index (χ2v) is 12.4. The van der Waals surface area contributed by atoms with Gasteiger partial charge in [-0.3, -0.25) is 4.90 Å². The Balaban J connectivity index is 0.000000198. The van der Waals surface area contributed by atoms with Crippen LogP contribution in [0, 0.1) is 13.8 Å². The third kappa shape index (κ3) is 6.10. The van der Waals surface area contributed by atoms with Gasteiger partial charge in [-0.2, -0.15) is 0 Å². The third-order valence-corrected chi connectivity index (χ3v) is 8.66. The number of allylic oxidation sites excluding steroid dienone is 1. The number of rotatable bonds is 5. The SMILES string of the molecule is B.CC1=Cc2c(-c3ccccc3C)cccc2C1N(C(C)C)C(C)C.CC1=Cc2c(cccc2-c2ccccc2C)C1. The Morgan fingerprint density at radius 3 is 1.62 bits per heavy atom. The van der Waals surface area contributed by atoms with Crippen LogP contribution in [0.1, 0.15) is 81.0 Å². The van der Waals surface area contributed by atoms with Crippen LogP contribution in [-0.4, -0.2) is 25.4 Å². The lowest BCUT2D eigenvalue weighted by Gasteiger charge is -2.38. The first-order valence-corrected chi connectivity index (χ1v) is 15.2. The number of hydrogen-bond acceptors (Lipinski definition) is 1. The molecule has 0 amide bonds. The first-order chi connectivity index (χ1) is 19.7. The molecule has 0 N–H and O–H groups in total. The fourth-order valence-electron chi connectivity index (χ4n) is 6.88. The summed E-state index contributed by atoms with van der Waals surface area (Å²) >= 11 is 0. The van der Waals surface area contributed by atoms with Crippen molar-refractivity contribution in [2.45, 2.75) is 79.9 Å². The van der Waals surface area contributed by atoms with Crippen LogP contribution < -0.4 is 0 Å². The summed E-state index contributed by atoms with van der Waals surface area (Å²) in [5.74, 6) is 0. The maximum atomic E-state index is 2.62. The molecule has 4 aromatic carbocycles. The Hall–Kier alpha value is -3.62. The largest absolute Gasteiger partial charge is 0.288 e. The smallest absolute Gasteiger partial charge is 0.0814 e. The Kier molecular flexibility index (Phi) is 9.80. The normalized spacial score (nSPS) is 15.1.